The van der Waals surface area contributed by atoms with Crippen LogP contribution >= 0.6 is 0 Å². The van der Waals surface area contributed by atoms with Crippen molar-refractivity contribution in [1.29, 1.82) is 5.26 Å². The molecule has 3 aliphatic heterocycles. The highest BCUT2D eigenvalue weighted by molar-refractivity contribution is 7.91. The molecule has 1 unspecified atom stereocenters. The number of anilines is 1. The molecule has 30 heavy (non-hydrogen) atoms. The Balaban J connectivity index is 1.99. The molecule has 0 aliphatic carbocycles. The summed E-state index contributed by atoms with van der Waals surface area (Å²) in [6.07, 6.45) is 0. The molecule has 3 aliphatic rings. The number of benzene rings is 2. The highest BCUT2D eigenvalue weighted by atomic mass is 32.2. The number of amides is 1. The van der Waals surface area contributed by atoms with Crippen molar-refractivity contribution in [1.82, 2.24) is 0 Å². The van der Waals surface area contributed by atoms with Gasteiger partial charge in [-0.15, -0.1) is 0 Å². The van der Waals surface area contributed by atoms with E-state index in [1.54, 1.807) is 49.4 Å². The van der Waals surface area contributed by atoms with E-state index in [0.717, 1.165) is 0 Å². The average molecular weight is 421 g/mol. The molecule has 0 bridgehead atoms. The first-order valence-electron chi connectivity index (χ1n) is 9.16. The van der Waals surface area contributed by atoms with E-state index in [4.69, 9.17) is 14.7 Å². The Labute approximate surface area is 172 Å². The third kappa shape index (κ3) is 1.98. The van der Waals surface area contributed by atoms with E-state index in [9.17, 15) is 18.5 Å². The van der Waals surface area contributed by atoms with Crippen LogP contribution in [0.15, 0.2) is 64.9 Å². The van der Waals surface area contributed by atoms with Gasteiger partial charge >= 0.3 is 10.1 Å². The maximum atomic E-state index is 13.8. The number of fused-ring (bicyclic) bond motifs is 5. The van der Waals surface area contributed by atoms with Crippen LogP contribution in [0.4, 0.5) is 5.69 Å². The van der Waals surface area contributed by atoms with Crippen molar-refractivity contribution in [3.63, 3.8) is 0 Å². The number of hydrogen-bond donors (Lipinski definition) is 1. The van der Waals surface area contributed by atoms with Gasteiger partial charge in [0.1, 0.15) is 11.6 Å². The Morgan fingerprint density at radius 3 is 2.60 bits per heavy atom. The first-order valence-corrected chi connectivity index (χ1v) is 10.6. The Bertz CT molecular complexity index is 1350. The molecular formula is C21H15N3O5S. The van der Waals surface area contributed by atoms with Crippen LogP contribution in [-0.2, 0) is 25.1 Å². The minimum absolute atomic E-state index is 0.0608. The summed E-state index contributed by atoms with van der Waals surface area (Å²) in [5, 5.41) is 9.95. The van der Waals surface area contributed by atoms with Gasteiger partial charge in [-0.3, -0.25) is 4.79 Å². The molecular weight excluding hydrogens is 406 g/mol. The fraction of sp³-hybridized carbons (Fsp3) is 0.143. The summed E-state index contributed by atoms with van der Waals surface area (Å²) in [5.41, 5.74) is 5.03. The van der Waals surface area contributed by atoms with Gasteiger partial charge in [0.2, 0.25) is 11.8 Å². The fourth-order valence-electron chi connectivity index (χ4n) is 4.41. The topological polar surface area (TPSA) is 123 Å². The van der Waals surface area contributed by atoms with Gasteiger partial charge in [-0.2, -0.15) is 13.7 Å². The second-order valence-electron chi connectivity index (χ2n) is 6.96. The summed E-state index contributed by atoms with van der Waals surface area (Å²) in [5.74, 6) is -0.947. The van der Waals surface area contributed by atoms with Crippen molar-refractivity contribution in [2.45, 2.75) is 12.3 Å². The normalized spacial score (nSPS) is 23.3. The van der Waals surface area contributed by atoms with Crippen molar-refractivity contribution < 1.29 is 22.1 Å². The monoisotopic (exact) mass is 421 g/mol. The van der Waals surface area contributed by atoms with Crippen molar-refractivity contribution >= 4 is 27.5 Å². The van der Waals surface area contributed by atoms with Crippen LogP contribution in [0.1, 0.15) is 18.1 Å². The number of nitrogens with zero attached hydrogens (tertiary/aromatic N) is 2. The number of carbonyl (C=O) groups excluding carboxylic acids is 1. The summed E-state index contributed by atoms with van der Waals surface area (Å²) in [4.78, 5) is 14.8. The lowest BCUT2D eigenvalue weighted by molar-refractivity contribution is -0.120. The van der Waals surface area contributed by atoms with E-state index in [1.165, 1.54) is 11.0 Å². The van der Waals surface area contributed by atoms with Crippen LogP contribution in [0.2, 0.25) is 0 Å². The molecule has 0 fully saturated rings. The molecule has 2 N–H and O–H groups in total. The lowest BCUT2D eigenvalue weighted by Crippen LogP contribution is -2.49. The molecule has 0 radical (unpaired) electrons. The fourth-order valence-corrected chi connectivity index (χ4v) is 5.93. The van der Waals surface area contributed by atoms with Gasteiger partial charge < -0.3 is 19.6 Å². The Morgan fingerprint density at radius 2 is 1.87 bits per heavy atom. The number of hydrogen-bond acceptors (Lipinski definition) is 7. The van der Waals surface area contributed by atoms with Gasteiger partial charge in [0.25, 0.3) is 0 Å². The lowest BCUT2D eigenvalue weighted by Gasteiger charge is -2.37. The highest BCUT2D eigenvalue weighted by Crippen LogP contribution is 2.58. The van der Waals surface area contributed by atoms with E-state index in [1.807, 2.05) is 6.07 Å². The zero-order valence-electron chi connectivity index (χ0n) is 15.7. The Hall–Kier alpha value is -3.77. The third-order valence-corrected chi connectivity index (χ3v) is 6.94. The molecule has 0 aromatic heterocycles. The molecule has 3 heterocycles. The largest absolute Gasteiger partial charge is 0.438 e. The summed E-state index contributed by atoms with van der Waals surface area (Å²) in [6, 6.07) is 15.1. The minimum Gasteiger partial charge on any atom is -0.438 e. The summed E-state index contributed by atoms with van der Waals surface area (Å²) >= 11 is 0. The lowest BCUT2D eigenvalue weighted by atomic mass is 9.73. The van der Waals surface area contributed by atoms with Crippen molar-refractivity contribution in [3.05, 3.63) is 76.0 Å². The zero-order chi connectivity index (χ0) is 21.3. The number of rotatable bonds is 1. The number of nitrogens with two attached hydrogens (primary N) is 1. The van der Waals surface area contributed by atoms with Gasteiger partial charge in [-0.05, 0) is 25.1 Å². The molecule has 2 aromatic rings. The van der Waals surface area contributed by atoms with E-state index < -0.39 is 26.3 Å². The Kier molecular flexibility index (Phi) is 3.58. The molecule has 150 valence electrons. The predicted molar refractivity (Wildman–Crippen MR) is 107 cm³/mol. The van der Waals surface area contributed by atoms with Crippen molar-refractivity contribution in [2.75, 3.05) is 11.4 Å². The van der Waals surface area contributed by atoms with E-state index in [2.05, 4.69) is 0 Å². The summed E-state index contributed by atoms with van der Waals surface area (Å²) in [6.45, 7) is 2.04. The van der Waals surface area contributed by atoms with Gasteiger partial charge in [-0.25, -0.2) is 0 Å². The molecule has 5 rings (SSSR count). The number of para-hydroxylation sites is 2. The van der Waals surface area contributed by atoms with Crippen molar-refractivity contribution in [2.24, 2.45) is 5.73 Å². The quantitative estimate of drug-likeness (QED) is 0.700. The predicted octanol–water partition coefficient (Wildman–Crippen LogP) is 2.11. The number of nitriles is 1. The van der Waals surface area contributed by atoms with E-state index in [0.29, 0.717) is 16.8 Å². The molecule has 8 nitrogen and oxygen atoms in total. The summed E-state index contributed by atoms with van der Waals surface area (Å²) < 4.78 is 37.7. The van der Waals surface area contributed by atoms with Crippen LogP contribution in [-0.4, -0.2) is 20.9 Å². The molecule has 1 atom stereocenters. The summed E-state index contributed by atoms with van der Waals surface area (Å²) in [7, 11) is -4.50. The second kappa shape index (κ2) is 5.87. The van der Waals surface area contributed by atoms with E-state index >= 15 is 0 Å². The standard InChI is InChI=1S/C21H15N3O5S/c1-2-24-15-9-5-4-8-13(15)21(20(24)25)14(11-22)19(23)28-17-12-7-3-6-10-16(12)29-30(26,27)18(17)21/h3-10H,2,23H2,1H3. The molecule has 0 saturated heterocycles. The molecule has 0 saturated carbocycles. The molecule has 9 heteroatoms. The second-order valence-corrected chi connectivity index (χ2v) is 8.44. The van der Waals surface area contributed by atoms with Crippen LogP contribution in [0.25, 0.3) is 5.76 Å². The first kappa shape index (κ1) is 18.3. The number of ether oxygens (including phenoxy) is 1. The highest BCUT2D eigenvalue weighted by Gasteiger charge is 2.65. The van der Waals surface area contributed by atoms with E-state index in [-0.39, 0.29) is 29.5 Å². The average Bonchev–Trinajstić information content (AvgIpc) is 2.96. The molecule has 2 aromatic carbocycles. The van der Waals surface area contributed by atoms with Crippen LogP contribution in [0.3, 0.4) is 0 Å². The first-order chi connectivity index (χ1) is 14.4. The minimum atomic E-state index is -4.50. The van der Waals surface area contributed by atoms with Gasteiger partial charge in [0.05, 0.1) is 5.56 Å². The number of likely N-dealkylation sites (N-methyl/N-ethyl adjacent to an activating group) is 1. The number of carbonyl (C=O) groups is 1. The van der Waals surface area contributed by atoms with Crippen LogP contribution in [0, 0.1) is 11.3 Å². The zero-order valence-corrected chi connectivity index (χ0v) is 16.6. The molecule has 1 amide bonds. The van der Waals surface area contributed by atoms with Crippen LogP contribution in [0.5, 0.6) is 5.75 Å². The third-order valence-electron chi connectivity index (χ3n) is 5.55. The van der Waals surface area contributed by atoms with Gasteiger partial charge in [-0.1, -0.05) is 30.3 Å². The smallest absolute Gasteiger partial charge is 0.340 e. The van der Waals surface area contributed by atoms with Gasteiger partial charge in [0, 0.05) is 17.8 Å². The van der Waals surface area contributed by atoms with Gasteiger partial charge in [0.15, 0.2) is 21.8 Å². The SMILES string of the molecule is CCN1C(=O)C2(C(C#N)=C(N)OC3=C2S(=O)(=O)Oc2ccccc23)c2ccccc21. The molecule has 1 spiro atoms. The Morgan fingerprint density at radius 1 is 1.17 bits per heavy atom. The maximum absolute atomic E-state index is 13.8. The van der Waals surface area contributed by atoms with Crippen LogP contribution < -0.4 is 14.8 Å². The van der Waals surface area contributed by atoms with Crippen molar-refractivity contribution in [3.8, 4) is 11.8 Å². The maximum Gasteiger partial charge on any atom is 0.340 e.